The number of amides is 1. The first-order chi connectivity index (χ1) is 6.77. The Kier molecular flexibility index (Phi) is 3.97. The number of carbonyl (C=O) groups is 1. The fourth-order valence-corrected chi connectivity index (χ4v) is 1.42. The molecule has 0 aromatic heterocycles. The SMILES string of the molecule is CONC(=O)[C@H]1CC=C[C@H](N=[N+]=[N-])C1. The molecule has 0 aromatic rings. The fourth-order valence-electron chi connectivity index (χ4n) is 1.42. The van der Waals surface area contributed by atoms with Crippen LogP contribution in [0.3, 0.4) is 0 Å². The lowest BCUT2D eigenvalue weighted by atomic mass is 9.91. The molecule has 0 fully saturated rings. The first-order valence-corrected chi connectivity index (χ1v) is 4.31. The molecule has 0 bridgehead atoms. The second kappa shape index (κ2) is 5.26. The maximum Gasteiger partial charge on any atom is 0.246 e. The normalized spacial score (nSPS) is 25.2. The van der Waals surface area contributed by atoms with Gasteiger partial charge in [-0.1, -0.05) is 17.3 Å². The monoisotopic (exact) mass is 196 g/mol. The average molecular weight is 196 g/mol. The summed E-state index contributed by atoms with van der Waals surface area (Å²) in [5.41, 5.74) is 10.5. The van der Waals surface area contributed by atoms with Gasteiger partial charge in [0.2, 0.25) is 5.91 Å². The Morgan fingerprint density at radius 1 is 1.79 bits per heavy atom. The van der Waals surface area contributed by atoms with Crippen molar-refractivity contribution in [3.63, 3.8) is 0 Å². The minimum absolute atomic E-state index is 0.171. The zero-order valence-corrected chi connectivity index (χ0v) is 7.88. The summed E-state index contributed by atoms with van der Waals surface area (Å²) < 4.78 is 0. The predicted octanol–water partition coefficient (Wildman–Crippen LogP) is 1.31. The lowest BCUT2D eigenvalue weighted by Crippen LogP contribution is -2.32. The second-order valence-corrected chi connectivity index (χ2v) is 3.04. The van der Waals surface area contributed by atoms with Crippen LogP contribution >= 0.6 is 0 Å². The van der Waals surface area contributed by atoms with Crippen molar-refractivity contribution in [3.05, 3.63) is 22.6 Å². The molecule has 0 radical (unpaired) electrons. The van der Waals surface area contributed by atoms with Crippen LogP contribution in [-0.4, -0.2) is 19.1 Å². The van der Waals surface area contributed by atoms with Crippen molar-refractivity contribution < 1.29 is 9.63 Å². The highest BCUT2D eigenvalue weighted by Crippen LogP contribution is 2.21. The van der Waals surface area contributed by atoms with Gasteiger partial charge in [0.1, 0.15) is 0 Å². The van der Waals surface area contributed by atoms with Crippen molar-refractivity contribution in [2.24, 2.45) is 11.0 Å². The summed E-state index contributed by atoms with van der Waals surface area (Å²) >= 11 is 0. The summed E-state index contributed by atoms with van der Waals surface area (Å²) in [5.74, 6) is -0.342. The lowest BCUT2D eigenvalue weighted by Gasteiger charge is -2.20. The minimum Gasteiger partial charge on any atom is -0.277 e. The van der Waals surface area contributed by atoms with Gasteiger partial charge in [0.05, 0.1) is 13.2 Å². The number of hydrogen-bond acceptors (Lipinski definition) is 3. The molecule has 2 atom stereocenters. The molecule has 1 rings (SSSR count). The van der Waals surface area contributed by atoms with Gasteiger partial charge < -0.3 is 0 Å². The Balaban J connectivity index is 2.54. The Hall–Kier alpha value is -1.52. The molecule has 0 unspecified atom stereocenters. The van der Waals surface area contributed by atoms with Gasteiger partial charge in [0.25, 0.3) is 0 Å². The van der Waals surface area contributed by atoms with Gasteiger partial charge in [-0.25, -0.2) is 5.48 Å². The van der Waals surface area contributed by atoms with Gasteiger partial charge in [-0.05, 0) is 18.4 Å². The number of nitrogens with zero attached hydrogens (tertiary/aromatic N) is 3. The van der Waals surface area contributed by atoms with E-state index in [-0.39, 0.29) is 17.9 Å². The molecule has 0 aliphatic heterocycles. The largest absolute Gasteiger partial charge is 0.277 e. The highest BCUT2D eigenvalue weighted by molar-refractivity contribution is 5.78. The van der Waals surface area contributed by atoms with E-state index in [9.17, 15) is 4.79 Å². The quantitative estimate of drug-likeness (QED) is 0.242. The van der Waals surface area contributed by atoms with Gasteiger partial charge in [-0.2, -0.15) is 0 Å². The predicted molar refractivity (Wildman–Crippen MR) is 49.9 cm³/mol. The van der Waals surface area contributed by atoms with Crippen molar-refractivity contribution in [1.29, 1.82) is 0 Å². The molecule has 0 heterocycles. The van der Waals surface area contributed by atoms with E-state index in [0.29, 0.717) is 12.8 Å². The summed E-state index contributed by atoms with van der Waals surface area (Å²) in [6.07, 6.45) is 4.86. The zero-order chi connectivity index (χ0) is 10.4. The van der Waals surface area contributed by atoms with Gasteiger partial charge in [-0.15, -0.1) is 0 Å². The minimum atomic E-state index is -0.221. The van der Waals surface area contributed by atoms with E-state index in [4.69, 9.17) is 5.53 Å². The van der Waals surface area contributed by atoms with Crippen molar-refractivity contribution in [1.82, 2.24) is 5.48 Å². The number of allylic oxidation sites excluding steroid dienone is 1. The summed E-state index contributed by atoms with van der Waals surface area (Å²) in [5, 5.41) is 3.55. The molecule has 0 aromatic carbocycles. The lowest BCUT2D eigenvalue weighted by molar-refractivity contribution is -0.135. The molecule has 1 aliphatic carbocycles. The third-order valence-corrected chi connectivity index (χ3v) is 2.08. The zero-order valence-electron chi connectivity index (χ0n) is 7.88. The Morgan fingerprint density at radius 3 is 3.21 bits per heavy atom. The van der Waals surface area contributed by atoms with E-state index in [2.05, 4.69) is 20.3 Å². The van der Waals surface area contributed by atoms with Gasteiger partial charge in [0.15, 0.2) is 0 Å². The third kappa shape index (κ3) is 2.76. The molecule has 0 saturated carbocycles. The van der Waals surface area contributed by atoms with Gasteiger partial charge >= 0.3 is 0 Å². The summed E-state index contributed by atoms with van der Waals surface area (Å²) in [6, 6.07) is -0.221. The second-order valence-electron chi connectivity index (χ2n) is 3.04. The van der Waals surface area contributed by atoms with Gasteiger partial charge in [-0.3, -0.25) is 9.63 Å². The topological polar surface area (TPSA) is 87.1 Å². The molecule has 14 heavy (non-hydrogen) atoms. The van der Waals surface area contributed by atoms with E-state index in [1.165, 1.54) is 7.11 Å². The maximum atomic E-state index is 11.3. The molecule has 1 amide bonds. The van der Waals surface area contributed by atoms with Crippen LogP contribution in [0.1, 0.15) is 12.8 Å². The van der Waals surface area contributed by atoms with Crippen LogP contribution in [0.15, 0.2) is 17.3 Å². The average Bonchev–Trinajstić information content (AvgIpc) is 2.19. The van der Waals surface area contributed by atoms with Crippen LogP contribution in [0.2, 0.25) is 0 Å². The summed E-state index contributed by atoms with van der Waals surface area (Å²) in [7, 11) is 1.39. The highest BCUT2D eigenvalue weighted by atomic mass is 16.6. The van der Waals surface area contributed by atoms with Crippen LogP contribution in [0, 0.1) is 5.92 Å². The molecule has 0 saturated heterocycles. The smallest absolute Gasteiger partial charge is 0.246 e. The highest BCUT2D eigenvalue weighted by Gasteiger charge is 2.23. The number of carbonyl (C=O) groups excluding carboxylic acids is 1. The third-order valence-electron chi connectivity index (χ3n) is 2.08. The first kappa shape index (κ1) is 10.6. The van der Waals surface area contributed by atoms with E-state index in [1.807, 2.05) is 12.2 Å². The Morgan fingerprint density at radius 2 is 2.57 bits per heavy atom. The molecular weight excluding hydrogens is 184 g/mol. The molecule has 76 valence electrons. The van der Waals surface area contributed by atoms with Crippen molar-refractivity contribution in [3.8, 4) is 0 Å². The first-order valence-electron chi connectivity index (χ1n) is 4.31. The molecule has 0 spiro atoms. The Labute approximate surface area is 81.5 Å². The number of rotatable bonds is 3. The van der Waals surface area contributed by atoms with Crippen LogP contribution in [0.5, 0.6) is 0 Å². The molecule has 6 nitrogen and oxygen atoms in total. The fraction of sp³-hybridized carbons (Fsp3) is 0.625. The van der Waals surface area contributed by atoms with Crippen molar-refractivity contribution in [2.45, 2.75) is 18.9 Å². The molecular formula is C8H12N4O2. The number of azide groups is 1. The van der Waals surface area contributed by atoms with E-state index >= 15 is 0 Å². The molecule has 1 N–H and O–H groups in total. The van der Waals surface area contributed by atoms with E-state index in [0.717, 1.165) is 0 Å². The molecule has 6 heteroatoms. The van der Waals surface area contributed by atoms with Crippen molar-refractivity contribution in [2.75, 3.05) is 7.11 Å². The van der Waals surface area contributed by atoms with Crippen LogP contribution in [0.25, 0.3) is 10.4 Å². The van der Waals surface area contributed by atoms with E-state index < -0.39 is 0 Å². The van der Waals surface area contributed by atoms with Crippen molar-refractivity contribution >= 4 is 5.91 Å². The number of hydrogen-bond donors (Lipinski definition) is 1. The van der Waals surface area contributed by atoms with Crippen LogP contribution in [-0.2, 0) is 9.63 Å². The molecule has 1 aliphatic rings. The Bertz CT molecular complexity index is 283. The van der Waals surface area contributed by atoms with Gasteiger partial charge in [0, 0.05) is 10.8 Å². The summed E-state index contributed by atoms with van der Waals surface area (Å²) in [6.45, 7) is 0. The number of nitrogens with one attached hydrogen (secondary N) is 1. The van der Waals surface area contributed by atoms with Crippen LogP contribution in [0.4, 0.5) is 0 Å². The maximum absolute atomic E-state index is 11.3. The number of hydroxylamine groups is 1. The van der Waals surface area contributed by atoms with E-state index in [1.54, 1.807) is 0 Å². The summed E-state index contributed by atoms with van der Waals surface area (Å²) in [4.78, 5) is 18.6. The standard InChI is InChI=1S/C8H12N4O2/c1-14-11-8(13)6-3-2-4-7(5-6)10-12-9/h2,4,6-7H,3,5H2,1H3,(H,11,13)/t6-,7-/m0/s1. The van der Waals surface area contributed by atoms with Crippen LogP contribution < -0.4 is 5.48 Å².